The van der Waals surface area contributed by atoms with Crippen LogP contribution in [0, 0.1) is 10.1 Å². The molecule has 0 unspecified atom stereocenters. The molecule has 0 radical (unpaired) electrons. The molecule has 0 bridgehead atoms. The van der Waals surface area contributed by atoms with E-state index < -0.39 is 10.9 Å². The molecule has 92 valence electrons. The molecule has 1 N–H and O–H groups in total. The maximum Gasteiger partial charge on any atom is 0.358 e. The van der Waals surface area contributed by atoms with Gasteiger partial charge in [0.15, 0.2) is 5.69 Å². The molecule has 2 rings (SSSR count). The Kier molecular flexibility index (Phi) is 2.76. The van der Waals surface area contributed by atoms with E-state index in [0.29, 0.717) is 11.3 Å². The van der Waals surface area contributed by atoms with Crippen LogP contribution in [0.15, 0.2) is 24.3 Å². The van der Waals surface area contributed by atoms with Crippen molar-refractivity contribution in [3.8, 4) is 11.3 Å². The second-order valence-corrected chi connectivity index (χ2v) is 3.52. The van der Waals surface area contributed by atoms with E-state index in [9.17, 15) is 14.9 Å². The normalized spacial score (nSPS) is 10.3. The molecule has 0 amide bonds. The number of aromatic carboxylic acids is 1. The van der Waals surface area contributed by atoms with Gasteiger partial charge in [-0.25, -0.2) is 9.48 Å². The van der Waals surface area contributed by atoms with Crippen LogP contribution in [0.5, 0.6) is 0 Å². The highest BCUT2D eigenvalue weighted by atomic mass is 16.6. The third kappa shape index (κ3) is 1.90. The van der Waals surface area contributed by atoms with Crippen LogP contribution >= 0.6 is 0 Å². The van der Waals surface area contributed by atoms with Gasteiger partial charge in [0.25, 0.3) is 5.69 Å². The average molecular weight is 248 g/mol. The van der Waals surface area contributed by atoms with Gasteiger partial charge < -0.3 is 5.11 Å². The van der Waals surface area contributed by atoms with E-state index in [1.165, 1.54) is 28.9 Å². The van der Waals surface area contributed by atoms with Crippen LogP contribution in [0.3, 0.4) is 0 Å². The number of nitrogens with zero attached hydrogens (tertiary/aromatic N) is 4. The molecule has 8 nitrogen and oxygen atoms in total. The van der Waals surface area contributed by atoms with Crippen LogP contribution in [0.25, 0.3) is 11.3 Å². The predicted molar refractivity (Wildman–Crippen MR) is 60.1 cm³/mol. The molecule has 0 aliphatic carbocycles. The van der Waals surface area contributed by atoms with Gasteiger partial charge in [-0.15, -0.1) is 5.10 Å². The molecule has 2 aromatic rings. The first-order chi connectivity index (χ1) is 8.50. The SMILES string of the molecule is Cn1nnc(C(=O)O)c1-c1ccc([N+](=O)[O-])cc1. The third-order valence-electron chi connectivity index (χ3n) is 2.38. The molecule has 0 spiro atoms. The van der Waals surface area contributed by atoms with Crippen LogP contribution in [0.1, 0.15) is 10.5 Å². The van der Waals surface area contributed by atoms with Gasteiger partial charge in [-0.2, -0.15) is 0 Å². The number of carboxylic acid groups (broad SMARTS) is 1. The highest BCUT2D eigenvalue weighted by Crippen LogP contribution is 2.24. The van der Waals surface area contributed by atoms with Gasteiger partial charge in [0, 0.05) is 24.7 Å². The molecule has 0 atom stereocenters. The van der Waals surface area contributed by atoms with Crippen molar-refractivity contribution in [1.29, 1.82) is 0 Å². The van der Waals surface area contributed by atoms with E-state index >= 15 is 0 Å². The van der Waals surface area contributed by atoms with Crippen molar-refractivity contribution in [3.63, 3.8) is 0 Å². The summed E-state index contributed by atoms with van der Waals surface area (Å²) in [6.07, 6.45) is 0. The maximum atomic E-state index is 11.0. The number of nitro groups is 1. The molecule has 1 aromatic carbocycles. The van der Waals surface area contributed by atoms with Crippen LogP contribution in [0.4, 0.5) is 5.69 Å². The summed E-state index contributed by atoms with van der Waals surface area (Å²) in [5, 5.41) is 26.6. The molecule has 0 saturated carbocycles. The number of benzene rings is 1. The van der Waals surface area contributed by atoms with Crippen molar-refractivity contribution in [3.05, 3.63) is 40.1 Å². The second-order valence-electron chi connectivity index (χ2n) is 3.52. The minimum atomic E-state index is -1.20. The summed E-state index contributed by atoms with van der Waals surface area (Å²) in [5.74, 6) is -1.20. The third-order valence-corrected chi connectivity index (χ3v) is 2.38. The van der Waals surface area contributed by atoms with Crippen LogP contribution in [-0.2, 0) is 7.05 Å². The van der Waals surface area contributed by atoms with Gasteiger partial charge in [0.1, 0.15) is 5.69 Å². The van der Waals surface area contributed by atoms with Crippen LogP contribution in [0.2, 0.25) is 0 Å². The number of aromatic nitrogens is 3. The van der Waals surface area contributed by atoms with Crippen molar-refractivity contribution in [1.82, 2.24) is 15.0 Å². The predicted octanol–water partition coefficient (Wildman–Crippen LogP) is 1.09. The molecule has 1 aromatic heterocycles. The van der Waals surface area contributed by atoms with Gasteiger partial charge in [-0.05, 0) is 12.1 Å². The zero-order chi connectivity index (χ0) is 13.3. The number of nitro benzene ring substituents is 1. The summed E-state index contributed by atoms with van der Waals surface area (Å²) in [5.41, 5.74) is 0.556. The number of carbonyl (C=O) groups is 1. The van der Waals surface area contributed by atoms with Crippen molar-refractivity contribution in [2.45, 2.75) is 0 Å². The zero-order valence-electron chi connectivity index (χ0n) is 9.27. The monoisotopic (exact) mass is 248 g/mol. The Morgan fingerprint density at radius 1 is 1.39 bits per heavy atom. The molecule has 0 saturated heterocycles. The van der Waals surface area contributed by atoms with Crippen molar-refractivity contribution in [2.75, 3.05) is 0 Å². The lowest BCUT2D eigenvalue weighted by molar-refractivity contribution is -0.384. The van der Waals surface area contributed by atoms with E-state index in [1.807, 2.05) is 0 Å². The van der Waals surface area contributed by atoms with Crippen molar-refractivity contribution in [2.24, 2.45) is 7.05 Å². The zero-order valence-corrected chi connectivity index (χ0v) is 9.27. The smallest absolute Gasteiger partial charge is 0.358 e. The number of carboxylic acids is 1. The van der Waals surface area contributed by atoms with E-state index in [1.54, 1.807) is 7.05 Å². The summed E-state index contributed by atoms with van der Waals surface area (Å²) < 4.78 is 1.31. The largest absolute Gasteiger partial charge is 0.476 e. The standard InChI is InChI=1S/C10H8N4O4/c1-13-9(8(10(15)16)11-12-13)6-2-4-7(5-3-6)14(17)18/h2-5H,1H3,(H,15,16). The summed E-state index contributed by atoms with van der Waals surface area (Å²) in [7, 11) is 1.55. The van der Waals surface area contributed by atoms with Gasteiger partial charge in [0.2, 0.25) is 0 Å². The fourth-order valence-corrected chi connectivity index (χ4v) is 1.57. The molecule has 0 aliphatic heterocycles. The number of non-ortho nitro benzene ring substituents is 1. The van der Waals surface area contributed by atoms with Crippen LogP contribution in [-0.4, -0.2) is 31.0 Å². The van der Waals surface area contributed by atoms with Gasteiger partial charge in [0.05, 0.1) is 4.92 Å². The number of aryl methyl sites for hydroxylation is 1. The molecule has 1 heterocycles. The van der Waals surface area contributed by atoms with E-state index in [0.717, 1.165) is 0 Å². The molecular weight excluding hydrogens is 240 g/mol. The molecule has 0 fully saturated rings. The van der Waals surface area contributed by atoms with Gasteiger partial charge >= 0.3 is 5.97 Å². The minimum absolute atomic E-state index is 0.0641. The summed E-state index contributed by atoms with van der Waals surface area (Å²) in [6.45, 7) is 0. The Morgan fingerprint density at radius 3 is 2.50 bits per heavy atom. The fourth-order valence-electron chi connectivity index (χ4n) is 1.57. The van der Waals surface area contributed by atoms with Crippen LogP contribution < -0.4 is 0 Å². The average Bonchev–Trinajstić information content (AvgIpc) is 2.71. The van der Waals surface area contributed by atoms with E-state index in [-0.39, 0.29) is 11.4 Å². The van der Waals surface area contributed by atoms with E-state index in [4.69, 9.17) is 5.11 Å². The Morgan fingerprint density at radius 2 is 2.00 bits per heavy atom. The lowest BCUT2D eigenvalue weighted by Crippen LogP contribution is -2.01. The maximum absolute atomic E-state index is 11.0. The lowest BCUT2D eigenvalue weighted by atomic mass is 10.1. The Labute approximate surface area is 101 Å². The Hall–Kier alpha value is -2.77. The van der Waals surface area contributed by atoms with Gasteiger partial charge in [-0.3, -0.25) is 10.1 Å². The minimum Gasteiger partial charge on any atom is -0.476 e. The first-order valence-electron chi connectivity index (χ1n) is 4.88. The Balaban J connectivity index is 2.52. The molecule has 18 heavy (non-hydrogen) atoms. The second kappa shape index (κ2) is 4.24. The highest BCUT2D eigenvalue weighted by molar-refractivity contribution is 5.92. The fraction of sp³-hybridized carbons (Fsp3) is 0.100. The first-order valence-corrected chi connectivity index (χ1v) is 4.88. The van der Waals surface area contributed by atoms with Crippen molar-refractivity contribution < 1.29 is 14.8 Å². The number of hydrogen-bond acceptors (Lipinski definition) is 5. The molecular formula is C10H8N4O4. The van der Waals surface area contributed by atoms with Crippen molar-refractivity contribution >= 4 is 11.7 Å². The quantitative estimate of drug-likeness (QED) is 0.642. The summed E-state index contributed by atoms with van der Waals surface area (Å²) in [4.78, 5) is 21.0. The van der Waals surface area contributed by atoms with Gasteiger partial charge in [-0.1, -0.05) is 5.21 Å². The summed E-state index contributed by atoms with van der Waals surface area (Å²) in [6, 6.07) is 5.52. The molecule has 0 aliphatic rings. The summed E-state index contributed by atoms with van der Waals surface area (Å²) >= 11 is 0. The lowest BCUT2D eigenvalue weighted by Gasteiger charge is -2.01. The van der Waals surface area contributed by atoms with E-state index in [2.05, 4.69) is 10.3 Å². The Bertz CT molecular complexity index is 617. The highest BCUT2D eigenvalue weighted by Gasteiger charge is 2.19. The number of hydrogen-bond donors (Lipinski definition) is 1. The number of rotatable bonds is 3. The molecule has 8 heteroatoms. The first kappa shape index (κ1) is 11.7. The topological polar surface area (TPSA) is 111 Å².